The first-order valence-electron chi connectivity index (χ1n) is 11.7. The molecule has 0 unspecified atom stereocenters. The zero-order valence-corrected chi connectivity index (χ0v) is 26.5. The summed E-state index contributed by atoms with van der Waals surface area (Å²) in [5, 5.41) is 5.89. The van der Waals surface area contributed by atoms with E-state index in [1.807, 2.05) is 0 Å². The van der Waals surface area contributed by atoms with Gasteiger partial charge in [0.25, 0.3) is 0 Å². The fourth-order valence-electron chi connectivity index (χ4n) is 3.51. The molecule has 0 aromatic heterocycles. The average Bonchev–Trinajstić information content (AvgIpc) is 3.05. The number of hydrogen-bond donors (Lipinski definition) is 0. The fourth-order valence-corrected chi connectivity index (χ4v) is 8.86. The van der Waals surface area contributed by atoms with Crippen molar-refractivity contribution < 1.29 is 43.9 Å². The number of hydrogen-bond acceptors (Lipinski definition) is 2. The molecule has 4 aromatic carbocycles. The first kappa shape index (κ1) is 39.2. The van der Waals surface area contributed by atoms with E-state index < -0.39 is 0 Å². The van der Waals surface area contributed by atoms with Gasteiger partial charge in [-0.1, -0.05) is 128 Å². The van der Waals surface area contributed by atoms with Gasteiger partial charge in [-0.15, -0.1) is 0 Å². The number of carbonyl (C=O) groups excluding carboxylic acids is 1. The van der Waals surface area contributed by atoms with Crippen LogP contribution < -0.4 is 21.2 Å². The second-order valence-corrected chi connectivity index (χ2v) is 11.8. The Balaban J connectivity index is 0. The van der Waals surface area contributed by atoms with Gasteiger partial charge in [0.2, 0.25) is 0 Å². The normalized spacial score (nSPS) is 8.72. The molecule has 0 spiro atoms. The Kier molecular flexibility index (Phi) is 27.1. The summed E-state index contributed by atoms with van der Waals surface area (Å²) in [6, 6.07) is 44.2. The third-order valence-electron chi connectivity index (χ3n) is 5.02. The molecule has 0 atom stereocenters. The van der Waals surface area contributed by atoms with Crippen molar-refractivity contribution in [1.29, 1.82) is 0 Å². The zero-order valence-electron chi connectivity index (χ0n) is 22.0. The van der Waals surface area contributed by atoms with Crippen molar-refractivity contribution in [2.24, 2.45) is 0 Å². The van der Waals surface area contributed by atoms with E-state index in [1.165, 1.54) is 40.0 Å². The first-order chi connectivity index (χ1) is 19.3. The number of rotatable bonds is 9. The van der Waals surface area contributed by atoms with Gasteiger partial charge in [0.15, 0.2) is 0 Å². The smallest absolute Gasteiger partial charge is 0 e. The molecule has 5 nitrogen and oxygen atoms in total. The van der Waals surface area contributed by atoms with Crippen LogP contribution in [0.25, 0.3) is 0 Å². The minimum atomic E-state index is -0.348. The maximum Gasteiger partial charge on any atom is 0 e. The first-order valence-corrected chi connectivity index (χ1v) is 14.7. The van der Waals surface area contributed by atoms with Gasteiger partial charge in [0, 0.05) is 27.0 Å². The summed E-state index contributed by atoms with van der Waals surface area (Å²) in [5.74, 6) is 0. The van der Waals surface area contributed by atoms with Crippen molar-refractivity contribution in [2.75, 3.05) is 18.9 Å². The van der Waals surface area contributed by atoms with E-state index in [-0.39, 0.29) is 36.3 Å². The Labute approximate surface area is 253 Å². The largest absolute Gasteiger partial charge is 0.0622 e. The monoisotopic (exact) mass is 742 g/mol. The quantitative estimate of drug-likeness (QED) is 0.134. The predicted molar refractivity (Wildman–Crippen MR) is 157 cm³/mol. The Morgan fingerprint density at radius 1 is 0.550 bits per heavy atom. The number of benzene rings is 4. The van der Waals surface area contributed by atoms with Gasteiger partial charge in [-0.25, -0.2) is 0 Å². The molecule has 0 aliphatic heterocycles. The summed E-state index contributed by atoms with van der Waals surface area (Å²) >= 11 is 0. The third-order valence-corrected chi connectivity index (χ3v) is 10.4. The van der Waals surface area contributed by atoms with Crippen LogP contribution in [0.15, 0.2) is 121 Å². The molecule has 4 aromatic rings. The Bertz CT molecular complexity index is 1010. The van der Waals surface area contributed by atoms with Gasteiger partial charge in [0.05, 0.1) is 0 Å². The Hall–Kier alpha value is -2.91. The molecule has 8 heteroatoms. The molecular weight excluding hydrogens is 713 g/mol. The van der Waals surface area contributed by atoms with Crippen LogP contribution in [0, 0.1) is 20.0 Å². The van der Waals surface area contributed by atoms with E-state index in [2.05, 4.69) is 146 Å². The molecule has 0 saturated heterocycles. The van der Waals surface area contributed by atoms with Crippen LogP contribution in [-0.2, 0) is 43.9 Å². The van der Waals surface area contributed by atoms with E-state index in [1.54, 1.807) is 6.92 Å². The molecule has 205 valence electrons. The van der Waals surface area contributed by atoms with Crippen LogP contribution in [0.5, 0.6) is 0 Å². The molecule has 0 fully saturated rings. The third kappa shape index (κ3) is 15.0. The predicted octanol–water partition coefficient (Wildman–Crippen LogP) is 5.23. The Morgan fingerprint density at radius 2 is 0.775 bits per heavy atom. The molecule has 0 saturated carbocycles. The van der Waals surface area contributed by atoms with Crippen molar-refractivity contribution in [3.8, 4) is 0 Å². The molecule has 4 rings (SSSR count). The summed E-state index contributed by atoms with van der Waals surface area (Å²) in [7, 11) is -0.696. The molecule has 40 heavy (non-hydrogen) atoms. The SMILES string of the molecule is CCO[C-]=O.[C-]#[O+].[C-]#[O+].[C-]#[O+].[Re].c1ccc(P(CCP(c2ccccc2)c2ccccc2)c2ccccc2)cc1. The maximum atomic E-state index is 9.06. The van der Waals surface area contributed by atoms with Gasteiger partial charge in [0.1, 0.15) is 0 Å². The Morgan fingerprint density at radius 3 is 0.925 bits per heavy atom. The minimum Gasteiger partial charge on any atom is -0.0622 e. The molecule has 0 amide bonds. The van der Waals surface area contributed by atoms with Gasteiger partial charge in [-0.2, -0.15) is 0 Å². The van der Waals surface area contributed by atoms with Gasteiger partial charge in [-0.05, 0) is 56.3 Å². The maximum absolute atomic E-state index is 9.06. The number of ether oxygens (including phenoxy) is 1. The summed E-state index contributed by atoms with van der Waals surface area (Å²) in [5.41, 5.74) is 0. The van der Waals surface area contributed by atoms with Gasteiger partial charge >= 0.3 is 33.9 Å². The van der Waals surface area contributed by atoms with E-state index in [0.717, 1.165) is 0 Å². The van der Waals surface area contributed by atoms with Crippen LogP contribution in [0.3, 0.4) is 0 Å². The topological polar surface area (TPSA) is 86.0 Å². The van der Waals surface area contributed by atoms with Crippen LogP contribution in [0.1, 0.15) is 6.92 Å². The van der Waals surface area contributed by atoms with Gasteiger partial charge in [-0.3, -0.25) is 0 Å². The summed E-state index contributed by atoms with van der Waals surface area (Å²) < 4.78 is 26.5. The molecular formula is C32H29O5P2Re-. The van der Waals surface area contributed by atoms with Crippen molar-refractivity contribution in [1.82, 2.24) is 0 Å². The minimum absolute atomic E-state index is 0. The summed E-state index contributed by atoms with van der Waals surface area (Å²) in [6.07, 6.45) is 2.41. The summed E-state index contributed by atoms with van der Waals surface area (Å²) in [4.78, 5) is 9.06. The van der Waals surface area contributed by atoms with E-state index in [4.69, 9.17) is 18.8 Å². The van der Waals surface area contributed by atoms with Crippen molar-refractivity contribution >= 4 is 43.5 Å². The van der Waals surface area contributed by atoms with E-state index in [9.17, 15) is 0 Å². The van der Waals surface area contributed by atoms with Gasteiger partial charge < -0.3 is 9.53 Å². The van der Waals surface area contributed by atoms with Crippen molar-refractivity contribution in [3.63, 3.8) is 0 Å². The molecule has 1 radical (unpaired) electrons. The zero-order chi connectivity index (χ0) is 29.1. The van der Waals surface area contributed by atoms with Crippen molar-refractivity contribution in [3.05, 3.63) is 141 Å². The standard InChI is InChI=1S/C26H24P2.C3H5O2.3CO.Re/c1-5-13-23(14-6-1)27(24-15-7-2-8-16-24)21-22-28(25-17-9-3-10-18-25)26-19-11-4-12-20-26;1-2-5-3-4;3*1-2;/h1-20H,21-22H2;2H2,1H3;;;;/q;-1;;;;. The van der Waals surface area contributed by atoms with E-state index in [0.29, 0.717) is 6.61 Å². The van der Waals surface area contributed by atoms with Crippen molar-refractivity contribution in [2.45, 2.75) is 6.92 Å². The molecule has 0 N–H and O–H groups in total. The molecule has 0 bridgehead atoms. The second kappa shape index (κ2) is 27.7. The molecule has 0 aliphatic rings. The van der Waals surface area contributed by atoms with Crippen LogP contribution in [0.2, 0.25) is 0 Å². The molecule has 0 heterocycles. The van der Waals surface area contributed by atoms with Crippen LogP contribution in [0.4, 0.5) is 0 Å². The molecule has 0 aliphatic carbocycles. The summed E-state index contributed by atoms with van der Waals surface area (Å²) in [6.45, 7) is 16.9. The second-order valence-electron chi connectivity index (χ2n) is 7.16. The fraction of sp³-hybridized carbons (Fsp3) is 0.125. The van der Waals surface area contributed by atoms with Crippen LogP contribution in [-0.4, -0.2) is 25.4 Å². The average molecular weight is 742 g/mol. The van der Waals surface area contributed by atoms with E-state index >= 15 is 0 Å². The van der Waals surface area contributed by atoms with Crippen LogP contribution >= 0.6 is 15.8 Å².